The molecule has 0 aromatic carbocycles. The third kappa shape index (κ3) is 86.2. The Hall–Kier alpha value is 0.945. The first-order valence-electron chi connectivity index (χ1n) is 1.60. The Kier molecular flexibility index (Phi) is 101. The molecule has 0 bridgehead atoms. The van der Waals surface area contributed by atoms with Crippen LogP contribution in [-0.4, -0.2) is 54.4 Å². The SMILES string of the molecule is CO.[NH3+][BH2-]O.[NaH]. The van der Waals surface area contributed by atoms with Crippen molar-refractivity contribution in [3.8, 4) is 0 Å². The summed E-state index contributed by atoms with van der Waals surface area (Å²) in [4.78, 5) is 0. The maximum absolute atomic E-state index is 7.58. The second kappa shape index (κ2) is 38.4. The molecule has 0 saturated heterocycles. The van der Waals surface area contributed by atoms with Gasteiger partial charge < -0.3 is 15.8 Å². The average Bonchev–Trinajstić information content (AvgIpc) is 1.46. The Balaban J connectivity index is -0.0000000275. The molecule has 5 N–H and O–H groups in total. The van der Waals surface area contributed by atoms with Crippen LogP contribution in [0.1, 0.15) is 0 Å². The molecule has 0 fully saturated rings. The third-order valence-electron chi connectivity index (χ3n) is 0. The van der Waals surface area contributed by atoms with Crippen LogP contribution in [0.2, 0.25) is 0 Å². The zero-order chi connectivity index (χ0) is 4.71. The number of aliphatic hydroxyl groups is 1. The normalized spacial score (nSPS) is 4.00. The van der Waals surface area contributed by atoms with Gasteiger partial charge in [-0.05, 0) is 0 Å². The third-order valence-corrected chi connectivity index (χ3v) is 0. The van der Waals surface area contributed by atoms with Crippen LogP contribution in [0.5, 0.6) is 0 Å². The van der Waals surface area contributed by atoms with Crippen molar-refractivity contribution in [2.45, 2.75) is 0 Å². The van der Waals surface area contributed by atoms with Crippen molar-refractivity contribution in [2.24, 2.45) is 0 Å². The second-order valence-electron chi connectivity index (χ2n) is 0.316. The molecule has 0 spiro atoms. The van der Waals surface area contributed by atoms with Crippen LogP contribution in [0.4, 0.5) is 0 Å². The van der Waals surface area contributed by atoms with E-state index in [2.05, 4.69) is 5.64 Å². The van der Waals surface area contributed by atoms with Crippen LogP contribution in [0.3, 0.4) is 0 Å². The van der Waals surface area contributed by atoms with Crippen molar-refractivity contribution in [3.63, 3.8) is 0 Å². The number of hydrogen-bond acceptors (Lipinski definition) is 2. The molecule has 0 aliphatic carbocycles. The summed E-state index contributed by atoms with van der Waals surface area (Å²) in [5.41, 5.74) is 3.17. The van der Waals surface area contributed by atoms with Crippen molar-refractivity contribution in [3.05, 3.63) is 0 Å². The van der Waals surface area contributed by atoms with Crippen LogP contribution in [0.25, 0.3) is 0 Å². The van der Waals surface area contributed by atoms with Gasteiger partial charge in [0.25, 0.3) is 0 Å². The van der Waals surface area contributed by atoms with Crippen LogP contribution in [0.15, 0.2) is 0 Å². The molecule has 36 valence electrons. The van der Waals surface area contributed by atoms with Gasteiger partial charge in [-0.3, -0.25) is 0 Å². The van der Waals surface area contributed by atoms with Gasteiger partial charge in [0.1, 0.15) is 0 Å². The molecule has 0 aromatic heterocycles. The van der Waals surface area contributed by atoms with Gasteiger partial charge in [0, 0.05) is 7.11 Å². The van der Waals surface area contributed by atoms with Crippen LogP contribution in [-0.2, 0) is 0 Å². The van der Waals surface area contributed by atoms with E-state index in [1.807, 2.05) is 0 Å². The monoisotopic (exact) mass is 103 g/mol. The predicted octanol–water partition coefficient (Wildman–Crippen LogP) is -3.82. The van der Waals surface area contributed by atoms with E-state index in [1.54, 1.807) is 0 Å². The summed E-state index contributed by atoms with van der Waals surface area (Å²) in [5, 5.41) is 14.6. The van der Waals surface area contributed by atoms with Crippen molar-refractivity contribution in [2.75, 3.05) is 7.11 Å². The van der Waals surface area contributed by atoms with Crippen molar-refractivity contribution < 1.29 is 15.8 Å². The summed E-state index contributed by atoms with van der Waals surface area (Å²) in [6.45, 7) is 0. The van der Waals surface area contributed by atoms with Gasteiger partial charge >= 0.3 is 37.2 Å². The van der Waals surface area contributed by atoms with Gasteiger partial charge in [0.15, 0.2) is 0 Å². The quantitative estimate of drug-likeness (QED) is 0.275. The number of rotatable bonds is 0. The fourth-order valence-corrected chi connectivity index (χ4v) is 0. The summed E-state index contributed by atoms with van der Waals surface area (Å²) in [7, 11) is 0.250. The molecular formula is CH11BNNaO2. The molecule has 6 heavy (non-hydrogen) atoms. The molecule has 0 unspecified atom stereocenters. The number of hydrogen-bond donors (Lipinski definition) is 3. The molecule has 0 radical (unpaired) electrons. The van der Waals surface area contributed by atoms with Crippen LogP contribution < -0.4 is 5.64 Å². The van der Waals surface area contributed by atoms with Crippen LogP contribution >= 0.6 is 0 Å². The summed E-state index contributed by atoms with van der Waals surface area (Å²) in [6.07, 6.45) is 0. The molecule has 0 heterocycles. The van der Waals surface area contributed by atoms with E-state index in [-0.39, 0.29) is 29.6 Å². The van der Waals surface area contributed by atoms with E-state index in [9.17, 15) is 0 Å². The maximum atomic E-state index is 7.58. The van der Waals surface area contributed by atoms with E-state index in [1.165, 1.54) is 0 Å². The molecule has 0 atom stereocenters. The molecule has 0 rings (SSSR count). The fourth-order valence-electron chi connectivity index (χ4n) is 0. The minimum atomic E-state index is -0.750. The second-order valence-corrected chi connectivity index (χ2v) is 0.316. The standard InChI is InChI=1S/CH4O.BH6NO.Na.H/c1-2;2-1-3;;/h2H,1H3;3H,1H2,2H3;;. The Morgan fingerprint density at radius 3 is 1.50 bits per heavy atom. The number of quaternary nitrogens is 1. The predicted molar refractivity (Wildman–Crippen MR) is 28.9 cm³/mol. The summed E-state index contributed by atoms with van der Waals surface area (Å²) in [6, 6.07) is 0. The Labute approximate surface area is 60.1 Å². The first kappa shape index (κ1) is 15.8. The van der Waals surface area contributed by atoms with Gasteiger partial charge in [-0.1, -0.05) is 0 Å². The van der Waals surface area contributed by atoms with E-state index in [0.29, 0.717) is 0 Å². The molecular weight excluding hydrogens is 91.8 g/mol. The first-order valence-corrected chi connectivity index (χ1v) is 1.60. The van der Waals surface area contributed by atoms with E-state index >= 15 is 0 Å². The van der Waals surface area contributed by atoms with E-state index < -0.39 is 7.62 Å². The molecule has 5 heteroatoms. The average molecular weight is 103 g/mol. The summed E-state index contributed by atoms with van der Waals surface area (Å²) < 4.78 is 0. The fraction of sp³-hybridized carbons (Fsp3) is 1.00. The van der Waals surface area contributed by atoms with Gasteiger partial charge in [0.2, 0.25) is 0 Å². The molecule has 3 nitrogen and oxygen atoms in total. The summed E-state index contributed by atoms with van der Waals surface area (Å²) in [5.74, 6) is 0. The first-order chi connectivity index (χ1) is 2.41. The number of aliphatic hydroxyl groups excluding tert-OH is 1. The van der Waals surface area contributed by atoms with E-state index in [0.717, 1.165) is 7.11 Å². The van der Waals surface area contributed by atoms with Gasteiger partial charge in [-0.25, -0.2) is 0 Å². The van der Waals surface area contributed by atoms with Gasteiger partial charge in [0.05, 0.1) is 0 Å². The van der Waals surface area contributed by atoms with Gasteiger partial charge in [-0.2, -0.15) is 0 Å². The van der Waals surface area contributed by atoms with Crippen molar-refractivity contribution >= 4 is 37.2 Å². The zero-order valence-electron chi connectivity index (χ0n) is 3.60. The molecule has 0 aromatic rings. The molecule has 0 amide bonds. The van der Waals surface area contributed by atoms with Crippen molar-refractivity contribution in [1.82, 2.24) is 0 Å². The molecule has 0 aliphatic heterocycles. The molecule has 0 saturated carbocycles. The van der Waals surface area contributed by atoms with E-state index in [4.69, 9.17) is 10.1 Å². The Bertz CT molecular complexity index is 13.5. The zero-order valence-corrected chi connectivity index (χ0v) is 3.60. The Morgan fingerprint density at radius 2 is 1.50 bits per heavy atom. The Morgan fingerprint density at radius 1 is 1.50 bits per heavy atom. The minimum absolute atomic E-state index is 0. The van der Waals surface area contributed by atoms with Crippen LogP contribution in [0, 0.1) is 0 Å². The van der Waals surface area contributed by atoms with Crippen molar-refractivity contribution in [1.29, 1.82) is 0 Å². The topological polar surface area (TPSA) is 68.1 Å². The van der Waals surface area contributed by atoms with Gasteiger partial charge in [-0.15, -0.1) is 0 Å². The summed E-state index contributed by atoms with van der Waals surface area (Å²) >= 11 is 0. The molecule has 0 aliphatic rings.